The summed E-state index contributed by atoms with van der Waals surface area (Å²) in [4.78, 5) is 0. The second kappa shape index (κ2) is 3.95. The molecule has 14 heavy (non-hydrogen) atoms. The fourth-order valence-corrected chi connectivity index (χ4v) is 2.64. The van der Waals surface area contributed by atoms with Crippen molar-refractivity contribution in [3.8, 4) is 0 Å². The Morgan fingerprint density at radius 3 is 2.93 bits per heavy atom. The normalized spacial score (nSPS) is 12.9. The lowest BCUT2D eigenvalue weighted by atomic mass is 10.1. The summed E-state index contributed by atoms with van der Waals surface area (Å²) in [7, 11) is 1.96. The summed E-state index contributed by atoms with van der Waals surface area (Å²) in [5, 5.41) is 6.77. The highest BCUT2D eigenvalue weighted by Crippen LogP contribution is 2.30. The van der Waals surface area contributed by atoms with Crippen molar-refractivity contribution in [1.29, 1.82) is 0 Å². The predicted molar refractivity (Wildman–Crippen MR) is 63.8 cm³/mol. The first-order chi connectivity index (χ1) is 6.86. The van der Waals surface area contributed by atoms with Crippen LogP contribution in [0.3, 0.4) is 0 Å². The summed E-state index contributed by atoms with van der Waals surface area (Å²) in [6, 6.07) is 8.72. The smallest absolute Gasteiger partial charge is 0.0515 e. The van der Waals surface area contributed by atoms with Crippen molar-refractivity contribution in [2.45, 2.75) is 6.04 Å². The zero-order valence-corrected chi connectivity index (χ0v) is 8.97. The summed E-state index contributed by atoms with van der Waals surface area (Å²) in [5.41, 5.74) is 1.32. The Balaban J connectivity index is 2.57. The number of nitrogens with one attached hydrogen (secondary N) is 1. The highest BCUT2D eigenvalue weighted by molar-refractivity contribution is 7.17. The van der Waals surface area contributed by atoms with Gasteiger partial charge in [-0.25, -0.2) is 0 Å². The Hall–Kier alpha value is -1.12. The van der Waals surface area contributed by atoms with E-state index in [2.05, 4.69) is 41.5 Å². The van der Waals surface area contributed by atoms with Gasteiger partial charge in [0.05, 0.1) is 6.04 Å². The third-order valence-corrected chi connectivity index (χ3v) is 3.37. The number of benzene rings is 1. The van der Waals surface area contributed by atoms with Gasteiger partial charge in [-0.2, -0.15) is 0 Å². The van der Waals surface area contributed by atoms with Crippen LogP contribution in [0.15, 0.2) is 42.3 Å². The van der Waals surface area contributed by atoms with Crippen molar-refractivity contribution in [2.24, 2.45) is 0 Å². The minimum Gasteiger partial charge on any atom is -0.310 e. The highest BCUT2D eigenvalue weighted by atomic mass is 32.1. The van der Waals surface area contributed by atoms with Crippen molar-refractivity contribution < 1.29 is 0 Å². The van der Waals surface area contributed by atoms with Crippen LogP contribution in [0.25, 0.3) is 10.1 Å². The molecule has 1 aromatic heterocycles. The Morgan fingerprint density at radius 1 is 1.43 bits per heavy atom. The molecule has 0 bridgehead atoms. The summed E-state index contributed by atoms with van der Waals surface area (Å²) < 4.78 is 1.34. The number of thiophene rings is 1. The van der Waals surface area contributed by atoms with Gasteiger partial charge >= 0.3 is 0 Å². The van der Waals surface area contributed by atoms with E-state index in [-0.39, 0.29) is 6.04 Å². The third-order valence-electron chi connectivity index (χ3n) is 2.39. The first kappa shape index (κ1) is 9.44. The van der Waals surface area contributed by atoms with Crippen LogP contribution < -0.4 is 5.32 Å². The molecular weight excluding hydrogens is 190 g/mol. The zero-order chi connectivity index (χ0) is 9.97. The molecule has 0 aliphatic heterocycles. The lowest BCUT2D eigenvalue weighted by Gasteiger charge is -2.09. The second-order valence-corrected chi connectivity index (χ2v) is 4.10. The molecule has 0 spiro atoms. The van der Waals surface area contributed by atoms with Crippen LogP contribution in [0.5, 0.6) is 0 Å². The first-order valence-corrected chi connectivity index (χ1v) is 5.50. The van der Waals surface area contributed by atoms with Crippen molar-refractivity contribution in [1.82, 2.24) is 5.32 Å². The van der Waals surface area contributed by atoms with E-state index in [1.54, 1.807) is 11.3 Å². The van der Waals surface area contributed by atoms with Gasteiger partial charge in [0.2, 0.25) is 0 Å². The largest absolute Gasteiger partial charge is 0.310 e. The van der Waals surface area contributed by atoms with E-state index >= 15 is 0 Å². The van der Waals surface area contributed by atoms with Gasteiger partial charge in [-0.15, -0.1) is 17.9 Å². The summed E-state index contributed by atoms with van der Waals surface area (Å²) >= 11 is 1.79. The van der Waals surface area contributed by atoms with Gasteiger partial charge in [0.15, 0.2) is 0 Å². The molecule has 0 amide bonds. The van der Waals surface area contributed by atoms with Crippen molar-refractivity contribution >= 4 is 21.4 Å². The summed E-state index contributed by atoms with van der Waals surface area (Å²) in [6.07, 6.45) is 1.94. The molecule has 1 aromatic carbocycles. The molecular formula is C12H13NS. The van der Waals surface area contributed by atoms with E-state index in [9.17, 15) is 0 Å². The monoisotopic (exact) mass is 203 g/mol. The van der Waals surface area contributed by atoms with Gasteiger partial charge in [0, 0.05) is 4.70 Å². The Kier molecular flexibility index (Phi) is 2.66. The minimum absolute atomic E-state index is 0.256. The van der Waals surface area contributed by atoms with Gasteiger partial charge in [-0.3, -0.25) is 0 Å². The molecule has 0 saturated heterocycles. The van der Waals surface area contributed by atoms with Crippen LogP contribution in [-0.4, -0.2) is 7.05 Å². The Labute approximate surface area is 88.1 Å². The molecule has 1 N–H and O–H groups in total. The van der Waals surface area contributed by atoms with E-state index in [1.807, 2.05) is 13.1 Å². The average Bonchev–Trinajstić information content (AvgIpc) is 2.65. The molecule has 72 valence electrons. The van der Waals surface area contributed by atoms with Crippen molar-refractivity contribution in [3.05, 3.63) is 47.9 Å². The number of rotatable bonds is 3. The van der Waals surface area contributed by atoms with Crippen LogP contribution in [0, 0.1) is 0 Å². The summed E-state index contributed by atoms with van der Waals surface area (Å²) in [5.74, 6) is 0. The van der Waals surface area contributed by atoms with Crippen LogP contribution >= 0.6 is 11.3 Å². The molecule has 2 rings (SSSR count). The summed E-state index contributed by atoms with van der Waals surface area (Å²) in [6.45, 7) is 3.84. The van der Waals surface area contributed by atoms with Gasteiger partial charge in [-0.05, 0) is 29.4 Å². The number of hydrogen-bond acceptors (Lipinski definition) is 2. The quantitative estimate of drug-likeness (QED) is 0.754. The number of likely N-dealkylation sites (N-methyl/N-ethyl adjacent to an activating group) is 1. The predicted octanol–water partition coefficient (Wildman–Crippen LogP) is 3.35. The number of hydrogen-bond donors (Lipinski definition) is 1. The Morgan fingerprint density at radius 2 is 2.21 bits per heavy atom. The molecule has 1 atom stereocenters. The van der Waals surface area contributed by atoms with Crippen LogP contribution in [0.2, 0.25) is 0 Å². The molecule has 0 radical (unpaired) electrons. The molecule has 1 nitrogen and oxygen atoms in total. The van der Waals surface area contributed by atoms with Gasteiger partial charge < -0.3 is 5.32 Å². The first-order valence-electron chi connectivity index (χ1n) is 4.62. The SMILES string of the molecule is C=CC(NC)c1csc2ccccc12. The van der Waals surface area contributed by atoms with Crippen molar-refractivity contribution in [2.75, 3.05) is 7.05 Å². The fourth-order valence-electron chi connectivity index (χ4n) is 1.64. The minimum atomic E-state index is 0.256. The molecule has 0 saturated carbocycles. The lowest BCUT2D eigenvalue weighted by molar-refractivity contribution is 0.723. The van der Waals surface area contributed by atoms with Crippen LogP contribution in [0.4, 0.5) is 0 Å². The number of fused-ring (bicyclic) bond motifs is 1. The van der Waals surface area contributed by atoms with Crippen molar-refractivity contribution in [3.63, 3.8) is 0 Å². The van der Waals surface area contributed by atoms with E-state index in [4.69, 9.17) is 0 Å². The molecule has 2 aromatic rings. The third kappa shape index (κ3) is 1.47. The topological polar surface area (TPSA) is 12.0 Å². The maximum Gasteiger partial charge on any atom is 0.0515 e. The molecule has 0 fully saturated rings. The molecule has 1 unspecified atom stereocenters. The average molecular weight is 203 g/mol. The van der Waals surface area contributed by atoms with E-state index < -0.39 is 0 Å². The molecule has 0 aliphatic rings. The van der Waals surface area contributed by atoms with Crippen LogP contribution in [-0.2, 0) is 0 Å². The molecule has 2 heteroatoms. The van der Waals surface area contributed by atoms with E-state index in [1.165, 1.54) is 15.6 Å². The zero-order valence-electron chi connectivity index (χ0n) is 8.16. The highest BCUT2D eigenvalue weighted by Gasteiger charge is 2.09. The Bertz CT molecular complexity index is 444. The van der Waals surface area contributed by atoms with Gasteiger partial charge in [0.25, 0.3) is 0 Å². The van der Waals surface area contributed by atoms with Gasteiger partial charge in [0.1, 0.15) is 0 Å². The van der Waals surface area contributed by atoms with Gasteiger partial charge in [-0.1, -0.05) is 24.3 Å². The maximum absolute atomic E-state index is 3.84. The molecule has 0 aliphatic carbocycles. The molecule has 1 heterocycles. The van der Waals surface area contributed by atoms with E-state index in [0.717, 1.165) is 0 Å². The second-order valence-electron chi connectivity index (χ2n) is 3.19. The lowest BCUT2D eigenvalue weighted by Crippen LogP contribution is -2.12. The standard InChI is InChI=1S/C12H13NS/c1-3-11(13-2)10-8-14-12-7-5-4-6-9(10)12/h3-8,11,13H,1H2,2H3. The maximum atomic E-state index is 3.84. The van der Waals surface area contributed by atoms with Crippen LogP contribution in [0.1, 0.15) is 11.6 Å². The van der Waals surface area contributed by atoms with E-state index in [0.29, 0.717) is 0 Å². The fraction of sp³-hybridized carbons (Fsp3) is 0.167.